The summed E-state index contributed by atoms with van der Waals surface area (Å²) in [4.78, 5) is 11.9. The number of hydrogen-bond donors (Lipinski definition) is 2. The molecule has 0 aromatic heterocycles. The van der Waals surface area contributed by atoms with Crippen molar-refractivity contribution < 1.29 is 9.53 Å². The van der Waals surface area contributed by atoms with Crippen LogP contribution in [0.4, 0.5) is 0 Å². The fraction of sp³-hybridized carbons (Fsp3) is 0.533. The molecular formula is C15H24N2O2. The molecule has 0 fully saturated rings. The topological polar surface area (TPSA) is 64.4 Å². The van der Waals surface area contributed by atoms with Crippen molar-refractivity contribution in [1.82, 2.24) is 5.32 Å². The first-order chi connectivity index (χ1) is 9.10. The van der Waals surface area contributed by atoms with Gasteiger partial charge in [-0.15, -0.1) is 0 Å². The van der Waals surface area contributed by atoms with Crippen LogP contribution in [0.5, 0.6) is 5.75 Å². The van der Waals surface area contributed by atoms with E-state index in [1.54, 1.807) is 7.11 Å². The van der Waals surface area contributed by atoms with Gasteiger partial charge in [0.1, 0.15) is 5.75 Å². The van der Waals surface area contributed by atoms with Gasteiger partial charge in [0.25, 0.3) is 0 Å². The summed E-state index contributed by atoms with van der Waals surface area (Å²) in [6, 6.07) is 7.71. The van der Waals surface area contributed by atoms with E-state index in [1.165, 1.54) is 0 Å². The minimum Gasteiger partial charge on any atom is -0.497 e. The van der Waals surface area contributed by atoms with Crippen LogP contribution < -0.4 is 15.8 Å². The summed E-state index contributed by atoms with van der Waals surface area (Å²) in [5.41, 5.74) is 6.68. The number of rotatable bonds is 7. The number of ether oxygens (including phenoxy) is 1. The smallest absolute Gasteiger partial charge is 0.220 e. The van der Waals surface area contributed by atoms with Crippen molar-refractivity contribution in [2.24, 2.45) is 11.7 Å². The van der Waals surface area contributed by atoms with Crippen molar-refractivity contribution in [3.8, 4) is 5.75 Å². The average molecular weight is 264 g/mol. The Bertz CT molecular complexity index is 386. The lowest BCUT2D eigenvalue weighted by atomic mass is 10.0. The van der Waals surface area contributed by atoms with E-state index in [0.29, 0.717) is 13.0 Å². The van der Waals surface area contributed by atoms with Gasteiger partial charge < -0.3 is 15.8 Å². The number of hydrogen-bond acceptors (Lipinski definition) is 3. The van der Waals surface area contributed by atoms with Gasteiger partial charge in [0.05, 0.1) is 13.2 Å². The van der Waals surface area contributed by atoms with Crippen LogP contribution in [0.3, 0.4) is 0 Å². The average Bonchev–Trinajstić information content (AvgIpc) is 2.44. The van der Waals surface area contributed by atoms with Crippen molar-refractivity contribution in [2.45, 2.75) is 32.7 Å². The summed E-state index contributed by atoms with van der Waals surface area (Å²) in [6.45, 7) is 4.58. The van der Waals surface area contributed by atoms with Gasteiger partial charge in [-0.3, -0.25) is 4.79 Å². The fourth-order valence-electron chi connectivity index (χ4n) is 1.93. The predicted molar refractivity (Wildman–Crippen MR) is 77.0 cm³/mol. The molecule has 0 saturated carbocycles. The predicted octanol–water partition coefficient (Wildman–Crippen LogP) is 2.25. The molecule has 1 rings (SSSR count). The summed E-state index contributed by atoms with van der Waals surface area (Å²) in [5, 5.41) is 3.00. The lowest BCUT2D eigenvalue weighted by Crippen LogP contribution is -2.30. The van der Waals surface area contributed by atoms with E-state index < -0.39 is 0 Å². The first-order valence-electron chi connectivity index (χ1n) is 6.74. The molecule has 1 aromatic carbocycles. The molecule has 1 aromatic rings. The van der Waals surface area contributed by atoms with Gasteiger partial charge in [0, 0.05) is 6.42 Å². The van der Waals surface area contributed by atoms with Crippen LogP contribution in [0.1, 0.15) is 38.3 Å². The number of carbonyl (C=O) groups is 1. The molecule has 0 heterocycles. The number of nitrogens with one attached hydrogen (secondary N) is 1. The third-order valence-corrected chi connectivity index (χ3v) is 3.38. The Hall–Kier alpha value is -1.55. The van der Waals surface area contributed by atoms with Crippen molar-refractivity contribution in [3.63, 3.8) is 0 Å². The molecule has 0 aliphatic heterocycles. The molecule has 0 aliphatic carbocycles. The summed E-state index contributed by atoms with van der Waals surface area (Å²) in [7, 11) is 1.64. The SMILES string of the molecule is CCC(CN)CC(=O)N[C@@H](C)c1ccc(OC)cc1. The van der Waals surface area contributed by atoms with E-state index in [2.05, 4.69) is 12.2 Å². The second kappa shape index (κ2) is 7.79. The zero-order valence-electron chi connectivity index (χ0n) is 12.0. The highest BCUT2D eigenvalue weighted by Gasteiger charge is 2.13. The minimum atomic E-state index is -0.00585. The van der Waals surface area contributed by atoms with E-state index >= 15 is 0 Å². The van der Waals surface area contributed by atoms with Crippen molar-refractivity contribution >= 4 is 5.91 Å². The number of benzene rings is 1. The maximum Gasteiger partial charge on any atom is 0.220 e. The van der Waals surface area contributed by atoms with Crippen molar-refractivity contribution in [2.75, 3.05) is 13.7 Å². The van der Waals surface area contributed by atoms with Gasteiger partial charge in [-0.1, -0.05) is 25.5 Å². The molecule has 3 N–H and O–H groups in total. The van der Waals surface area contributed by atoms with Crippen molar-refractivity contribution in [1.29, 1.82) is 0 Å². The Kier molecular flexibility index (Phi) is 6.36. The summed E-state index contributed by atoms with van der Waals surface area (Å²) in [6.07, 6.45) is 1.42. The van der Waals surface area contributed by atoms with E-state index in [0.717, 1.165) is 17.7 Å². The van der Waals surface area contributed by atoms with Gasteiger partial charge in [0.2, 0.25) is 5.91 Å². The summed E-state index contributed by atoms with van der Waals surface area (Å²) < 4.78 is 5.11. The molecule has 4 heteroatoms. The molecule has 4 nitrogen and oxygen atoms in total. The molecule has 0 radical (unpaired) electrons. The zero-order chi connectivity index (χ0) is 14.3. The second-order valence-corrected chi connectivity index (χ2v) is 4.78. The fourth-order valence-corrected chi connectivity index (χ4v) is 1.93. The zero-order valence-corrected chi connectivity index (χ0v) is 12.0. The quantitative estimate of drug-likeness (QED) is 0.794. The van der Waals surface area contributed by atoms with Crippen molar-refractivity contribution in [3.05, 3.63) is 29.8 Å². The number of amides is 1. The molecule has 1 amide bonds. The lowest BCUT2D eigenvalue weighted by Gasteiger charge is -2.17. The number of carbonyl (C=O) groups excluding carboxylic acids is 1. The highest BCUT2D eigenvalue weighted by molar-refractivity contribution is 5.76. The molecule has 0 bridgehead atoms. The first-order valence-corrected chi connectivity index (χ1v) is 6.74. The number of methoxy groups -OCH3 is 1. The van der Waals surface area contributed by atoms with Crippen LogP contribution in [-0.4, -0.2) is 19.6 Å². The molecular weight excluding hydrogens is 240 g/mol. The van der Waals surface area contributed by atoms with E-state index in [4.69, 9.17) is 10.5 Å². The Labute approximate surface area is 115 Å². The molecule has 0 saturated heterocycles. The number of nitrogens with two attached hydrogens (primary N) is 1. The molecule has 106 valence electrons. The van der Waals surface area contributed by atoms with E-state index in [1.807, 2.05) is 31.2 Å². The van der Waals surface area contributed by atoms with Crippen LogP contribution in [0, 0.1) is 5.92 Å². The maximum absolute atomic E-state index is 11.9. The first kappa shape index (κ1) is 15.5. The van der Waals surface area contributed by atoms with Gasteiger partial charge in [-0.2, -0.15) is 0 Å². The van der Waals surface area contributed by atoms with Gasteiger partial charge >= 0.3 is 0 Å². The lowest BCUT2D eigenvalue weighted by molar-refractivity contribution is -0.122. The third-order valence-electron chi connectivity index (χ3n) is 3.38. The molecule has 0 aliphatic rings. The normalized spacial score (nSPS) is 13.7. The van der Waals surface area contributed by atoms with E-state index in [9.17, 15) is 4.79 Å². The standard InChI is InChI=1S/C15H24N2O2/c1-4-12(10-16)9-15(18)17-11(2)13-5-7-14(19-3)8-6-13/h5-8,11-12H,4,9-10,16H2,1-3H3,(H,17,18)/t11-,12?/m0/s1. The molecule has 19 heavy (non-hydrogen) atoms. The Morgan fingerprint density at radius 2 is 2.00 bits per heavy atom. The maximum atomic E-state index is 11.9. The third kappa shape index (κ3) is 4.91. The second-order valence-electron chi connectivity index (χ2n) is 4.78. The minimum absolute atomic E-state index is 0.00585. The Morgan fingerprint density at radius 1 is 1.37 bits per heavy atom. The van der Waals surface area contributed by atoms with Crippen LogP contribution in [0.15, 0.2) is 24.3 Å². The van der Waals surface area contributed by atoms with Gasteiger partial charge in [0.15, 0.2) is 0 Å². The molecule has 2 atom stereocenters. The highest BCUT2D eigenvalue weighted by atomic mass is 16.5. The van der Waals surface area contributed by atoms with Crippen LogP contribution in [0.2, 0.25) is 0 Å². The summed E-state index contributed by atoms with van der Waals surface area (Å²) in [5.74, 6) is 1.14. The van der Waals surface area contributed by atoms with Crippen LogP contribution in [-0.2, 0) is 4.79 Å². The highest BCUT2D eigenvalue weighted by Crippen LogP contribution is 2.17. The molecule has 0 spiro atoms. The Morgan fingerprint density at radius 3 is 2.47 bits per heavy atom. The Balaban J connectivity index is 2.53. The molecule has 1 unspecified atom stereocenters. The van der Waals surface area contributed by atoms with Crippen LogP contribution in [0.25, 0.3) is 0 Å². The van der Waals surface area contributed by atoms with Gasteiger partial charge in [-0.05, 0) is 37.1 Å². The monoisotopic (exact) mass is 264 g/mol. The summed E-state index contributed by atoms with van der Waals surface area (Å²) >= 11 is 0. The van der Waals surface area contributed by atoms with E-state index in [-0.39, 0.29) is 17.9 Å². The largest absolute Gasteiger partial charge is 0.497 e. The van der Waals surface area contributed by atoms with Gasteiger partial charge in [-0.25, -0.2) is 0 Å². The van der Waals surface area contributed by atoms with Crippen LogP contribution >= 0.6 is 0 Å².